The molecule has 124 valence electrons. The van der Waals surface area contributed by atoms with Crippen molar-refractivity contribution < 1.29 is 18.8 Å². The minimum Gasteiger partial charge on any atom is -0.326 e. The Kier molecular flexibility index (Phi) is 5.62. The third-order valence-electron chi connectivity index (χ3n) is 3.15. The molecule has 0 atom stereocenters. The zero-order valence-corrected chi connectivity index (χ0v) is 12.9. The predicted octanol–water partition coefficient (Wildman–Crippen LogP) is 2.25. The average Bonchev–Trinajstić information content (AvgIpc) is 2.60. The number of rotatable bonds is 4. The molecule has 0 unspecified atom stereocenters. The molecular weight excluding hydrogens is 313 g/mol. The zero-order valence-electron chi connectivity index (χ0n) is 12.9. The molecule has 0 spiro atoms. The Hall–Kier alpha value is -3.22. The van der Waals surface area contributed by atoms with Crippen LogP contribution in [-0.2, 0) is 4.79 Å². The summed E-state index contributed by atoms with van der Waals surface area (Å²) in [5.41, 5.74) is 5.61. The molecule has 0 aliphatic heterocycles. The number of hydrazine groups is 1. The van der Waals surface area contributed by atoms with Crippen LogP contribution in [0.1, 0.15) is 34.1 Å². The van der Waals surface area contributed by atoms with Gasteiger partial charge in [-0.25, -0.2) is 4.39 Å². The number of carbonyl (C=O) groups excluding carboxylic acids is 3. The van der Waals surface area contributed by atoms with Crippen molar-refractivity contribution in [3.63, 3.8) is 0 Å². The van der Waals surface area contributed by atoms with Crippen molar-refractivity contribution in [3.8, 4) is 0 Å². The Balaban J connectivity index is 1.91. The van der Waals surface area contributed by atoms with E-state index in [9.17, 15) is 18.8 Å². The standard InChI is InChI=1S/C17H16FN3O3/c1-2-15(22)19-14-9-5-12(6-10-14)17(24)21-20-16(23)11-3-7-13(18)8-4-11/h3-10H,2H2,1H3,(H,19,22)(H,20,23)(H,21,24). The quantitative estimate of drug-likeness (QED) is 0.752. The maximum Gasteiger partial charge on any atom is 0.269 e. The smallest absolute Gasteiger partial charge is 0.269 e. The molecule has 0 aromatic heterocycles. The lowest BCUT2D eigenvalue weighted by atomic mass is 10.2. The predicted molar refractivity (Wildman–Crippen MR) is 86.7 cm³/mol. The normalized spacial score (nSPS) is 9.92. The van der Waals surface area contributed by atoms with Gasteiger partial charge in [0.1, 0.15) is 5.82 Å². The zero-order chi connectivity index (χ0) is 17.5. The van der Waals surface area contributed by atoms with Gasteiger partial charge in [0.25, 0.3) is 11.8 Å². The summed E-state index contributed by atoms with van der Waals surface area (Å²) in [6.45, 7) is 1.74. The lowest BCUT2D eigenvalue weighted by Gasteiger charge is -2.08. The second-order valence-corrected chi connectivity index (χ2v) is 4.89. The minimum absolute atomic E-state index is 0.126. The molecule has 0 bridgehead atoms. The molecule has 0 aliphatic rings. The highest BCUT2D eigenvalue weighted by Gasteiger charge is 2.09. The van der Waals surface area contributed by atoms with Crippen LogP contribution in [0, 0.1) is 5.82 Å². The van der Waals surface area contributed by atoms with Crippen molar-refractivity contribution in [1.82, 2.24) is 10.9 Å². The number of anilines is 1. The summed E-state index contributed by atoms with van der Waals surface area (Å²) in [7, 11) is 0. The van der Waals surface area contributed by atoms with E-state index in [4.69, 9.17) is 0 Å². The number of halogens is 1. The van der Waals surface area contributed by atoms with Crippen molar-refractivity contribution in [2.24, 2.45) is 0 Å². The van der Waals surface area contributed by atoms with Crippen molar-refractivity contribution in [1.29, 1.82) is 0 Å². The highest BCUT2D eigenvalue weighted by molar-refractivity contribution is 5.99. The fourth-order valence-corrected chi connectivity index (χ4v) is 1.81. The molecule has 0 saturated carbocycles. The Morgan fingerprint density at radius 2 is 1.29 bits per heavy atom. The summed E-state index contributed by atoms with van der Waals surface area (Å²) in [5, 5.41) is 2.66. The third-order valence-corrected chi connectivity index (χ3v) is 3.15. The fourth-order valence-electron chi connectivity index (χ4n) is 1.81. The van der Waals surface area contributed by atoms with Crippen LogP contribution < -0.4 is 16.2 Å². The number of carbonyl (C=O) groups is 3. The molecule has 0 heterocycles. The van der Waals surface area contributed by atoms with Gasteiger partial charge in [0.15, 0.2) is 0 Å². The van der Waals surface area contributed by atoms with Gasteiger partial charge < -0.3 is 5.32 Å². The van der Waals surface area contributed by atoms with Gasteiger partial charge in [-0.3, -0.25) is 25.2 Å². The summed E-state index contributed by atoms with van der Waals surface area (Å²) in [5.74, 6) is -1.65. The van der Waals surface area contributed by atoms with E-state index in [-0.39, 0.29) is 11.5 Å². The molecule has 7 heteroatoms. The Morgan fingerprint density at radius 1 is 0.833 bits per heavy atom. The molecule has 3 amide bonds. The first-order valence-corrected chi connectivity index (χ1v) is 7.25. The van der Waals surface area contributed by atoms with Crippen LogP contribution in [0.4, 0.5) is 10.1 Å². The van der Waals surface area contributed by atoms with E-state index in [0.717, 1.165) is 12.1 Å². The van der Waals surface area contributed by atoms with E-state index in [1.165, 1.54) is 24.3 Å². The molecule has 6 nitrogen and oxygen atoms in total. The first-order chi connectivity index (χ1) is 11.5. The molecule has 2 aromatic rings. The molecule has 2 aromatic carbocycles. The molecule has 0 aliphatic carbocycles. The number of amides is 3. The topological polar surface area (TPSA) is 87.3 Å². The molecule has 0 saturated heterocycles. The highest BCUT2D eigenvalue weighted by atomic mass is 19.1. The van der Waals surface area contributed by atoms with E-state index >= 15 is 0 Å². The lowest BCUT2D eigenvalue weighted by Crippen LogP contribution is -2.41. The molecule has 2 rings (SSSR count). The molecule has 3 N–H and O–H groups in total. The van der Waals surface area contributed by atoms with Crippen LogP contribution in [0.5, 0.6) is 0 Å². The summed E-state index contributed by atoms with van der Waals surface area (Å²) in [6, 6.07) is 11.1. The van der Waals surface area contributed by atoms with Crippen LogP contribution >= 0.6 is 0 Å². The van der Waals surface area contributed by atoms with Crippen LogP contribution in [0.25, 0.3) is 0 Å². The molecule has 0 radical (unpaired) electrons. The van der Waals surface area contributed by atoms with Crippen LogP contribution in [0.3, 0.4) is 0 Å². The van der Waals surface area contributed by atoms with Crippen LogP contribution in [-0.4, -0.2) is 17.7 Å². The second-order valence-electron chi connectivity index (χ2n) is 4.89. The van der Waals surface area contributed by atoms with Crippen LogP contribution in [0.15, 0.2) is 48.5 Å². The van der Waals surface area contributed by atoms with Gasteiger partial charge in [-0.1, -0.05) is 6.92 Å². The van der Waals surface area contributed by atoms with Crippen molar-refractivity contribution in [3.05, 3.63) is 65.5 Å². The number of nitrogens with one attached hydrogen (secondary N) is 3. The summed E-state index contributed by atoms with van der Waals surface area (Å²) in [4.78, 5) is 35.0. The van der Waals surface area contributed by atoms with E-state index in [1.807, 2.05) is 0 Å². The lowest BCUT2D eigenvalue weighted by molar-refractivity contribution is -0.115. The first-order valence-electron chi connectivity index (χ1n) is 7.25. The van der Waals surface area contributed by atoms with Gasteiger partial charge in [-0.05, 0) is 48.5 Å². The van der Waals surface area contributed by atoms with Gasteiger partial charge in [0.2, 0.25) is 5.91 Å². The first kappa shape index (κ1) is 17.1. The number of hydrogen-bond donors (Lipinski definition) is 3. The van der Waals surface area contributed by atoms with Crippen LogP contribution in [0.2, 0.25) is 0 Å². The average molecular weight is 329 g/mol. The maximum absolute atomic E-state index is 12.8. The summed E-state index contributed by atoms with van der Waals surface area (Å²) >= 11 is 0. The largest absolute Gasteiger partial charge is 0.326 e. The minimum atomic E-state index is -0.560. The van der Waals surface area contributed by atoms with Gasteiger partial charge in [0.05, 0.1) is 0 Å². The molecule has 24 heavy (non-hydrogen) atoms. The van der Waals surface area contributed by atoms with E-state index in [1.54, 1.807) is 19.1 Å². The molecule has 0 fully saturated rings. The second kappa shape index (κ2) is 7.87. The summed E-state index contributed by atoms with van der Waals surface area (Å²) < 4.78 is 12.8. The third kappa shape index (κ3) is 4.64. The van der Waals surface area contributed by atoms with Crippen molar-refractivity contribution >= 4 is 23.4 Å². The van der Waals surface area contributed by atoms with E-state index in [2.05, 4.69) is 16.2 Å². The Labute approximate surface area is 138 Å². The van der Waals surface area contributed by atoms with E-state index in [0.29, 0.717) is 17.7 Å². The summed E-state index contributed by atoms with van der Waals surface area (Å²) in [6.07, 6.45) is 0.359. The SMILES string of the molecule is CCC(=O)Nc1ccc(C(=O)NNC(=O)c2ccc(F)cc2)cc1. The van der Waals surface area contributed by atoms with E-state index < -0.39 is 17.6 Å². The monoisotopic (exact) mass is 329 g/mol. The van der Waals surface area contributed by atoms with Gasteiger partial charge in [0, 0.05) is 23.2 Å². The van der Waals surface area contributed by atoms with Crippen molar-refractivity contribution in [2.45, 2.75) is 13.3 Å². The fraction of sp³-hybridized carbons (Fsp3) is 0.118. The van der Waals surface area contributed by atoms with Crippen molar-refractivity contribution in [2.75, 3.05) is 5.32 Å². The van der Waals surface area contributed by atoms with Gasteiger partial charge >= 0.3 is 0 Å². The highest BCUT2D eigenvalue weighted by Crippen LogP contribution is 2.10. The maximum atomic E-state index is 12.8. The Morgan fingerprint density at radius 3 is 1.75 bits per heavy atom. The molecular formula is C17H16FN3O3. The number of benzene rings is 2. The van der Waals surface area contributed by atoms with Gasteiger partial charge in [-0.2, -0.15) is 0 Å². The van der Waals surface area contributed by atoms with Gasteiger partial charge in [-0.15, -0.1) is 0 Å². The number of hydrogen-bond acceptors (Lipinski definition) is 3. The Bertz CT molecular complexity index is 743.